The molecule has 15 nitrogen and oxygen atoms in total. The van der Waals surface area contributed by atoms with Gasteiger partial charge in [0.15, 0.2) is 29.1 Å². The van der Waals surface area contributed by atoms with E-state index in [4.69, 9.17) is 14.3 Å². The SMILES string of the molecule is C/C=C(/COP(=O)(O)CP(=O)(O)O)[C@@H](O)[C@@H](O)[C@@H](O)n1cnc2c(NCc3ccccc3)nc(NC)nc21. The summed E-state index contributed by atoms with van der Waals surface area (Å²) in [6, 6.07) is 9.53. The third-order valence-electron chi connectivity index (χ3n) is 5.41. The maximum atomic E-state index is 11.9. The average molecular weight is 572 g/mol. The molecule has 17 heteroatoms. The molecule has 4 atom stereocenters. The van der Waals surface area contributed by atoms with Gasteiger partial charge in [0.25, 0.3) is 0 Å². The highest BCUT2D eigenvalue weighted by molar-refractivity contribution is 7.70. The molecule has 1 unspecified atom stereocenters. The average Bonchev–Trinajstić information content (AvgIpc) is 3.29. The van der Waals surface area contributed by atoms with Crippen LogP contribution in [0.5, 0.6) is 0 Å². The monoisotopic (exact) mass is 572 g/mol. The Hall–Kier alpha value is -2.71. The maximum Gasteiger partial charge on any atom is 0.340 e. The molecule has 2 heterocycles. The number of imidazole rings is 1. The van der Waals surface area contributed by atoms with Gasteiger partial charge in [0.2, 0.25) is 5.95 Å². The van der Waals surface area contributed by atoms with Crippen molar-refractivity contribution in [2.45, 2.75) is 31.9 Å². The van der Waals surface area contributed by atoms with Crippen LogP contribution in [0.15, 0.2) is 48.3 Å². The minimum Gasteiger partial charge on any atom is -0.386 e. The van der Waals surface area contributed by atoms with Gasteiger partial charge in [-0.25, -0.2) is 4.98 Å². The highest BCUT2D eigenvalue weighted by atomic mass is 31.2. The van der Waals surface area contributed by atoms with Gasteiger partial charge in [-0.2, -0.15) is 9.97 Å². The molecule has 3 rings (SSSR count). The van der Waals surface area contributed by atoms with Crippen LogP contribution in [0.3, 0.4) is 0 Å². The van der Waals surface area contributed by atoms with Gasteiger partial charge in [0, 0.05) is 13.6 Å². The number of hydrogen-bond acceptors (Lipinski definition) is 11. The van der Waals surface area contributed by atoms with Gasteiger partial charge in [-0.05, 0) is 18.1 Å². The summed E-state index contributed by atoms with van der Waals surface area (Å²) in [6.07, 6.45) is -2.96. The lowest BCUT2D eigenvalue weighted by molar-refractivity contribution is -0.0795. The molecular formula is C21H30N6O9P2. The second kappa shape index (κ2) is 12.4. The molecule has 8 N–H and O–H groups in total. The fraction of sp³-hybridized carbons (Fsp3) is 0.381. The van der Waals surface area contributed by atoms with Crippen molar-refractivity contribution >= 4 is 38.1 Å². The van der Waals surface area contributed by atoms with Gasteiger partial charge in [0.1, 0.15) is 12.2 Å². The number of fused-ring (bicyclic) bond motifs is 1. The number of rotatable bonds is 13. The van der Waals surface area contributed by atoms with Crippen LogP contribution < -0.4 is 10.6 Å². The van der Waals surface area contributed by atoms with Crippen LogP contribution in [-0.4, -0.2) is 81.3 Å². The second-order valence-corrected chi connectivity index (χ2v) is 12.2. The van der Waals surface area contributed by atoms with Crippen molar-refractivity contribution in [3.63, 3.8) is 0 Å². The predicted molar refractivity (Wildman–Crippen MR) is 138 cm³/mol. The first-order valence-corrected chi connectivity index (χ1v) is 14.8. The van der Waals surface area contributed by atoms with Crippen LogP contribution >= 0.6 is 15.2 Å². The molecule has 0 fully saturated rings. The molecule has 0 saturated carbocycles. The van der Waals surface area contributed by atoms with Crippen LogP contribution in [0.2, 0.25) is 0 Å². The number of aliphatic hydroxyl groups excluding tert-OH is 3. The number of nitrogens with one attached hydrogen (secondary N) is 2. The maximum absolute atomic E-state index is 11.9. The van der Waals surface area contributed by atoms with E-state index in [0.29, 0.717) is 12.4 Å². The van der Waals surface area contributed by atoms with Crippen molar-refractivity contribution in [2.24, 2.45) is 0 Å². The summed E-state index contributed by atoms with van der Waals surface area (Å²) in [5.41, 5.74) is 1.29. The van der Waals surface area contributed by atoms with E-state index in [9.17, 15) is 29.3 Å². The quantitative estimate of drug-likeness (QED) is 0.105. The highest BCUT2D eigenvalue weighted by Gasteiger charge is 2.34. The van der Waals surface area contributed by atoms with Crippen LogP contribution in [-0.2, 0) is 20.2 Å². The Morgan fingerprint density at radius 2 is 1.82 bits per heavy atom. The summed E-state index contributed by atoms with van der Waals surface area (Å²) in [4.78, 5) is 40.4. The summed E-state index contributed by atoms with van der Waals surface area (Å²) >= 11 is 0. The van der Waals surface area contributed by atoms with Crippen LogP contribution in [0.1, 0.15) is 18.7 Å². The predicted octanol–water partition coefficient (Wildman–Crippen LogP) is 0.976. The van der Waals surface area contributed by atoms with E-state index in [0.717, 1.165) is 10.1 Å². The Balaban J connectivity index is 1.80. The van der Waals surface area contributed by atoms with Crippen LogP contribution in [0, 0.1) is 0 Å². The van der Waals surface area contributed by atoms with E-state index in [1.54, 1.807) is 7.05 Å². The largest absolute Gasteiger partial charge is 0.386 e. The van der Waals surface area contributed by atoms with E-state index in [1.165, 1.54) is 19.3 Å². The zero-order chi connectivity index (χ0) is 28.1. The molecule has 0 saturated heterocycles. The molecule has 208 valence electrons. The molecule has 1 aromatic carbocycles. The summed E-state index contributed by atoms with van der Waals surface area (Å²) < 4.78 is 28.8. The first-order chi connectivity index (χ1) is 17.8. The minimum absolute atomic E-state index is 0.114. The van der Waals surface area contributed by atoms with Crippen LogP contribution in [0.25, 0.3) is 11.2 Å². The third kappa shape index (κ3) is 7.67. The number of allylic oxidation sites excluding steroid dienone is 1. The molecule has 0 spiro atoms. The molecule has 0 bridgehead atoms. The number of anilines is 2. The highest BCUT2D eigenvalue weighted by Crippen LogP contribution is 2.55. The molecule has 2 aromatic heterocycles. The Morgan fingerprint density at radius 3 is 2.42 bits per heavy atom. The van der Waals surface area contributed by atoms with Crippen molar-refractivity contribution in [3.8, 4) is 0 Å². The van der Waals surface area contributed by atoms with Gasteiger partial charge in [0.05, 0.1) is 12.9 Å². The van der Waals surface area contributed by atoms with Crippen molar-refractivity contribution in [2.75, 3.05) is 30.2 Å². The number of hydrogen-bond donors (Lipinski definition) is 8. The van der Waals surface area contributed by atoms with Crippen molar-refractivity contribution in [1.82, 2.24) is 19.5 Å². The lowest BCUT2D eigenvalue weighted by Crippen LogP contribution is -2.37. The molecule has 3 aromatic rings. The molecule has 0 amide bonds. The zero-order valence-electron chi connectivity index (χ0n) is 20.5. The first kappa shape index (κ1) is 29.8. The smallest absolute Gasteiger partial charge is 0.340 e. The molecule has 0 radical (unpaired) electrons. The summed E-state index contributed by atoms with van der Waals surface area (Å²) in [7, 11) is -7.95. The molecule has 0 aliphatic heterocycles. The molecular weight excluding hydrogens is 542 g/mol. The fourth-order valence-corrected chi connectivity index (χ4v) is 6.00. The Morgan fingerprint density at radius 1 is 1.13 bits per heavy atom. The topological polar surface area (TPSA) is 232 Å². The Kier molecular flexibility index (Phi) is 9.76. The normalized spacial score (nSPS) is 16.6. The van der Waals surface area contributed by atoms with Crippen molar-refractivity contribution < 1.29 is 43.7 Å². The lowest BCUT2D eigenvalue weighted by Gasteiger charge is -2.26. The van der Waals surface area contributed by atoms with Gasteiger partial charge in [-0.15, -0.1) is 0 Å². The van der Waals surface area contributed by atoms with E-state index in [1.807, 2.05) is 30.3 Å². The van der Waals surface area contributed by atoms with Gasteiger partial charge in [-0.1, -0.05) is 36.4 Å². The molecule has 0 aliphatic rings. The van der Waals surface area contributed by atoms with E-state index < -0.39 is 46.1 Å². The zero-order valence-corrected chi connectivity index (χ0v) is 22.3. The van der Waals surface area contributed by atoms with E-state index in [-0.39, 0.29) is 22.7 Å². The van der Waals surface area contributed by atoms with Gasteiger partial charge >= 0.3 is 15.2 Å². The lowest BCUT2D eigenvalue weighted by atomic mass is 10.0. The van der Waals surface area contributed by atoms with E-state index in [2.05, 4.69) is 25.6 Å². The van der Waals surface area contributed by atoms with E-state index >= 15 is 0 Å². The summed E-state index contributed by atoms with van der Waals surface area (Å²) in [5, 5.41) is 38.2. The molecule has 0 aliphatic carbocycles. The second-order valence-electron chi connectivity index (χ2n) is 8.24. The van der Waals surface area contributed by atoms with Gasteiger partial charge < -0.3 is 45.2 Å². The molecule has 38 heavy (non-hydrogen) atoms. The third-order valence-corrected chi connectivity index (χ3v) is 8.84. The summed E-state index contributed by atoms with van der Waals surface area (Å²) in [5.74, 6) is -0.855. The number of aliphatic hydroxyl groups is 3. The Bertz CT molecular complexity index is 1360. The van der Waals surface area contributed by atoms with Crippen molar-refractivity contribution in [1.29, 1.82) is 0 Å². The fourth-order valence-electron chi connectivity index (χ4n) is 3.46. The minimum atomic E-state index is -4.85. The van der Waals surface area contributed by atoms with Gasteiger partial charge in [-0.3, -0.25) is 13.7 Å². The first-order valence-electron chi connectivity index (χ1n) is 11.3. The summed E-state index contributed by atoms with van der Waals surface area (Å²) in [6.45, 7) is 1.13. The van der Waals surface area contributed by atoms with Crippen molar-refractivity contribution in [3.05, 3.63) is 53.9 Å². The standard InChI is InChI=1S/C21H30N6O9P2/c1-3-14(10-36-38(34,35)12-37(31,32)33)16(28)17(29)20(30)27-11-24-15-18(25-21(22-2)26-19(15)27)23-9-13-7-5-4-6-8-13/h3-8,11,16-17,20,28-30H,9-10,12H2,1-2H3,(H,34,35)(H2,31,32,33)(H2,22,23,25,26)/b14-3-/t16-,17-,20-/m1/s1. The number of aromatic nitrogens is 4. The van der Waals surface area contributed by atoms with Crippen LogP contribution in [0.4, 0.5) is 11.8 Å². The Labute approximate surface area is 217 Å². The number of nitrogens with zero attached hydrogens (tertiary/aromatic N) is 4. The number of benzene rings is 1.